The molecule has 13 heavy (non-hydrogen) atoms. The number of aromatic nitrogens is 1. The lowest BCUT2D eigenvalue weighted by molar-refractivity contribution is 0.272. The molecule has 1 aromatic heterocycles. The molecule has 1 aromatic rings. The van der Waals surface area contributed by atoms with Gasteiger partial charge >= 0.3 is 0 Å². The van der Waals surface area contributed by atoms with E-state index in [0.717, 1.165) is 5.69 Å². The molecule has 2 rings (SSSR count). The normalized spacial score (nSPS) is 19.4. The second kappa shape index (κ2) is 3.36. The zero-order valence-corrected chi connectivity index (χ0v) is 7.66. The maximum atomic E-state index is 12.8. The number of nitrogens with zero attached hydrogens (tertiary/aromatic N) is 2. The fraction of sp³-hybridized carbons (Fsp3) is 0.667. The van der Waals surface area contributed by atoms with Crippen LogP contribution in [0, 0.1) is 6.92 Å². The maximum Gasteiger partial charge on any atom is 0.297 e. The Morgan fingerprint density at radius 1 is 1.54 bits per heavy atom. The van der Waals surface area contributed by atoms with Crippen LogP contribution < -0.4 is 4.90 Å². The molecular formula is C9H13FN2O. The van der Waals surface area contributed by atoms with Crippen molar-refractivity contribution in [3.8, 4) is 0 Å². The highest BCUT2D eigenvalue weighted by atomic mass is 19.1. The van der Waals surface area contributed by atoms with Gasteiger partial charge in [0.05, 0.1) is 5.69 Å². The Morgan fingerprint density at radius 3 is 2.77 bits per heavy atom. The Labute approximate surface area is 76.6 Å². The SMILES string of the molecule is Cc1coc(N2CCC(F)CC2)n1. The molecule has 72 valence electrons. The number of oxazole rings is 1. The van der Waals surface area contributed by atoms with Crippen LogP contribution in [0.25, 0.3) is 0 Å². The summed E-state index contributed by atoms with van der Waals surface area (Å²) >= 11 is 0. The topological polar surface area (TPSA) is 29.3 Å². The van der Waals surface area contributed by atoms with Gasteiger partial charge in [-0.2, -0.15) is 4.98 Å². The Morgan fingerprint density at radius 2 is 2.23 bits per heavy atom. The number of rotatable bonds is 1. The largest absolute Gasteiger partial charge is 0.432 e. The molecule has 0 bridgehead atoms. The van der Waals surface area contributed by atoms with Crippen molar-refractivity contribution in [1.29, 1.82) is 0 Å². The van der Waals surface area contributed by atoms with E-state index in [1.807, 2.05) is 11.8 Å². The van der Waals surface area contributed by atoms with E-state index in [0.29, 0.717) is 31.9 Å². The summed E-state index contributed by atoms with van der Waals surface area (Å²) in [5.74, 6) is 0. The van der Waals surface area contributed by atoms with Crippen LogP contribution in [0.5, 0.6) is 0 Å². The lowest BCUT2D eigenvalue weighted by Crippen LogP contribution is -2.34. The molecule has 0 atom stereocenters. The maximum absolute atomic E-state index is 12.8. The second-order valence-electron chi connectivity index (χ2n) is 3.43. The van der Waals surface area contributed by atoms with Crippen LogP contribution in [0.1, 0.15) is 18.5 Å². The van der Waals surface area contributed by atoms with Crippen molar-refractivity contribution >= 4 is 6.01 Å². The van der Waals surface area contributed by atoms with Crippen molar-refractivity contribution in [2.75, 3.05) is 18.0 Å². The Hall–Kier alpha value is -1.06. The van der Waals surface area contributed by atoms with Crippen molar-refractivity contribution < 1.29 is 8.81 Å². The molecule has 1 fully saturated rings. The highest BCUT2D eigenvalue weighted by molar-refractivity contribution is 5.27. The highest BCUT2D eigenvalue weighted by Gasteiger charge is 2.21. The molecule has 0 aliphatic carbocycles. The smallest absolute Gasteiger partial charge is 0.297 e. The Bertz CT molecular complexity index is 279. The minimum absolute atomic E-state index is 0.585. The predicted molar refractivity (Wildman–Crippen MR) is 47.6 cm³/mol. The number of hydrogen-bond donors (Lipinski definition) is 0. The second-order valence-corrected chi connectivity index (χ2v) is 3.43. The first kappa shape index (κ1) is 8.53. The molecule has 0 saturated carbocycles. The fourth-order valence-electron chi connectivity index (χ4n) is 1.53. The molecule has 4 heteroatoms. The molecule has 0 radical (unpaired) electrons. The average molecular weight is 184 g/mol. The van der Waals surface area contributed by atoms with Crippen molar-refractivity contribution in [2.45, 2.75) is 25.9 Å². The van der Waals surface area contributed by atoms with E-state index in [4.69, 9.17) is 4.42 Å². The first-order chi connectivity index (χ1) is 6.25. The molecule has 3 nitrogen and oxygen atoms in total. The highest BCUT2D eigenvalue weighted by Crippen LogP contribution is 2.20. The van der Waals surface area contributed by atoms with Gasteiger partial charge in [-0.25, -0.2) is 4.39 Å². The van der Waals surface area contributed by atoms with E-state index in [1.54, 1.807) is 6.26 Å². The fourth-order valence-corrected chi connectivity index (χ4v) is 1.53. The monoisotopic (exact) mass is 184 g/mol. The number of hydrogen-bond acceptors (Lipinski definition) is 3. The lowest BCUT2D eigenvalue weighted by Gasteiger charge is -2.26. The summed E-state index contributed by atoms with van der Waals surface area (Å²) in [6, 6.07) is 0.629. The number of halogens is 1. The third-order valence-corrected chi connectivity index (χ3v) is 2.30. The van der Waals surface area contributed by atoms with E-state index in [9.17, 15) is 4.39 Å². The Kier molecular flexibility index (Phi) is 2.20. The average Bonchev–Trinajstić information content (AvgIpc) is 2.53. The molecule has 1 saturated heterocycles. The van der Waals surface area contributed by atoms with Gasteiger partial charge in [-0.3, -0.25) is 0 Å². The number of piperidine rings is 1. The molecule has 0 N–H and O–H groups in total. The molecule has 0 amide bonds. The van der Waals surface area contributed by atoms with Crippen LogP contribution in [-0.2, 0) is 0 Å². The summed E-state index contributed by atoms with van der Waals surface area (Å²) in [7, 11) is 0. The first-order valence-electron chi connectivity index (χ1n) is 4.57. The van der Waals surface area contributed by atoms with Gasteiger partial charge in [0.25, 0.3) is 6.01 Å². The first-order valence-corrected chi connectivity index (χ1v) is 4.57. The van der Waals surface area contributed by atoms with Crippen molar-refractivity contribution in [3.63, 3.8) is 0 Å². The predicted octanol–water partition coefficient (Wildman–Crippen LogP) is 1.92. The summed E-state index contributed by atoms with van der Waals surface area (Å²) in [5.41, 5.74) is 0.873. The molecule has 1 aliphatic rings. The zero-order valence-electron chi connectivity index (χ0n) is 7.66. The van der Waals surface area contributed by atoms with E-state index in [-0.39, 0.29) is 0 Å². The van der Waals surface area contributed by atoms with Crippen molar-refractivity contribution in [3.05, 3.63) is 12.0 Å². The van der Waals surface area contributed by atoms with Gasteiger partial charge in [0, 0.05) is 13.1 Å². The van der Waals surface area contributed by atoms with Gasteiger partial charge in [-0.1, -0.05) is 0 Å². The van der Waals surface area contributed by atoms with E-state index >= 15 is 0 Å². The Balaban J connectivity index is 2.02. The number of anilines is 1. The van der Waals surface area contributed by atoms with E-state index < -0.39 is 6.17 Å². The lowest BCUT2D eigenvalue weighted by atomic mass is 10.1. The quantitative estimate of drug-likeness (QED) is 0.667. The number of alkyl halides is 1. The zero-order chi connectivity index (χ0) is 9.26. The summed E-state index contributed by atoms with van der Waals surface area (Å²) in [4.78, 5) is 6.19. The standard InChI is InChI=1S/C9H13FN2O/c1-7-6-13-9(11-7)12-4-2-8(10)3-5-12/h6,8H,2-5H2,1H3. The third kappa shape index (κ3) is 1.82. The van der Waals surface area contributed by atoms with Gasteiger partial charge in [-0.05, 0) is 19.8 Å². The van der Waals surface area contributed by atoms with E-state index in [1.165, 1.54) is 0 Å². The molecular weight excluding hydrogens is 171 g/mol. The van der Waals surface area contributed by atoms with Crippen LogP contribution >= 0.6 is 0 Å². The van der Waals surface area contributed by atoms with Crippen LogP contribution in [0.3, 0.4) is 0 Å². The minimum atomic E-state index is -0.646. The van der Waals surface area contributed by atoms with Gasteiger partial charge in [0.1, 0.15) is 12.4 Å². The molecule has 2 heterocycles. The molecule has 0 aromatic carbocycles. The van der Waals surface area contributed by atoms with Gasteiger partial charge in [0.2, 0.25) is 0 Å². The van der Waals surface area contributed by atoms with Crippen LogP contribution in [0.15, 0.2) is 10.7 Å². The van der Waals surface area contributed by atoms with Crippen LogP contribution in [-0.4, -0.2) is 24.2 Å². The van der Waals surface area contributed by atoms with Crippen LogP contribution in [0.2, 0.25) is 0 Å². The summed E-state index contributed by atoms with van der Waals surface area (Å²) < 4.78 is 18.0. The van der Waals surface area contributed by atoms with Crippen molar-refractivity contribution in [1.82, 2.24) is 4.98 Å². The van der Waals surface area contributed by atoms with E-state index in [2.05, 4.69) is 4.98 Å². The molecule has 0 spiro atoms. The minimum Gasteiger partial charge on any atom is -0.432 e. The van der Waals surface area contributed by atoms with Gasteiger partial charge in [-0.15, -0.1) is 0 Å². The van der Waals surface area contributed by atoms with Gasteiger partial charge in [0.15, 0.2) is 0 Å². The summed E-state index contributed by atoms with van der Waals surface area (Å²) in [5, 5.41) is 0. The summed E-state index contributed by atoms with van der Waals surface area (Å²) in [6.07, 6.45) is 2.15. The molecule has 0 unspecified atom stereocenters. The molecule has 1 aliphatic heterocycles. The van der Waals surface area contributed by atoms with Crippen LogP contribution in [0.4, 0.5) is 10.4 Å². The number of aryl methyl sites for hydroxylation is 1. The van der Waals surface area contributed by atoms with Gasteiger partial charge < -0.3 is 9.32 Å². The van der Waals surface area contributed by atoms with Crippen molar-refractivity contribution in [2.24, 2.45) is 0 Å². The summed E-state index contributed by atoms with van der Waals surface area (Å²) in [6.45, 7) is 3.30. The third-order valence-electron chi connectivity index (χ3n) is 2.30.